The molecule has 3 aromatic carbocycles. The summed E-state index contributed by atoms with van der Waals surface area (Å²) in [6, 6.07) is 15.4. The molecule has 0 fully saturated rings. The summed E-state index contributed by atoms with van der Waals surface area (Å²) in [5, 5.41) is 36.2. The molecular formula is C34H37N5O10. The zero-order chi connectivity index (χ0) is 36.2. The lowest BCUT2D eigenvalue weighted by Crippen LogP contribution is -2.49. The minimum atomic E-state index is -1.89. The molecule has 6 N–H and O–H groups in total. The second-order valence-electron chi connectivity index (χ2n) is 10.6. The summed E-state index contributed by atoms with van der Waals surface area (Å²) in [4.78, 5) is 88.1. The van der Waals surface area contributed by atoms with Gasteiger partial charge in [-0.3, -0.25) is 24.0 Å². The topological polar surface area (TPSA) is 223 Å². The van der Waals surface area contributed by atoms with Gasteiger partial charge in [0.05, 0.1) is 30.5 Å². The number of nitrogens with one attached hydrogen (secondary N) is 3. The lowest BCUT2D eigenvalue weighted by molar-refractivity contribution is -0.149. The van der Waals surface area contributed by atoms with E-state index in [2.05, 4.69) is 16.0 Å². The van der Waals surface area contributed by atoms with E-state index in [1.165, 1.54) is 18.2 Å². The molecule has 0 aromatic heterocycles. The molecule has 1 atom stereocenters. The molecule has 1 aliphatic rings. The molecule has 258 valence electrons. The van der Waals surface area contributed by atoms with Gasteiger partial charge in [0, 0.05) is 23.6 Å². The van der Waals surface area contributed by atoms with Crippen LogP contribution in [0.1, 0.15) is 48.2 Å². The molecule has 0 saturated carbocycles. The van der Waals surface area contributed by atoms with Crippen molar-refractivity contribution in [1.29, 1.82) is 0 Å². The number of aryl methyl sites for hydroxylation is 1. The number of nitrogens with zero attached hydrogens (tertiary/aromatic N) is 2. The Morgan fingerprint density at radius 1 is 0.816 bits per heavy atom. The average Bonchev–Trinajstić information content (AvgIpc) is 3.15. The van der Waals surface area contributed by atoms with Crippen LogP contribution in [0.2, 0.25) is 0 Å². The Labute approximate surface area is 281 Å². The minimum absolute atomic E-state index is 0.0178. The molecule has 15 heteroatoms. The van der Waals surface area contributed by atoms with Crippen molar-refractivity contribution in [3.8, 4) is 0 Å². The van der Waals surface area contributed by atoms with Crippen molar-refractivity contribution in [2.24, 2.45) is 0 Å². The summed E-state index contributed by atoms with van der Waals surface area (Å²) in [7, 11) is 0. The van der Waals surface area contributed by atoms with Crippen LogP contribution >= 0.6 is 0 Å². The maximum absolute atomic E-state index is 13.6. The van der Waals surface area contributed by atoms with E-state index in [-0.39, 0.29) is 29.9 Å². The number of amides is 5. The van der Waals surface area contributed by atoms with Crippen LogP contribution in [0.25, 0.3) is 0 Å². The van der Waals surface area contributed by atoms with Crippen molar-refractivity contribution in [2.75, 3.05) is 33.9 Å². The predicted octanol–water partition coefficient (Wildman–Crippen LogP) is 4.04. The maximum Gasteiger partial charge on any atom is 0.327 e. The quantitative estimate of drug-likeness (QED) is 0.162. The van der Waals surface area contributed by atoms with E-state index in [1.54, 1.807) is 36.4 Å². The number of aliphatic carboxylic acids is 3. The predicted molar refractivity (Wildman–Crippen MR) is 180 cm³/mol. The van der Waals surface area contributed by atoms with Crippen LogP contribution in [0.4, 0.5) is 27.5 Å². The molecule has 4 rings (SSSR count). The fourth-order valence-electron chi connectivity index (χ4n) is 4.91. The Balaban J connectivity index is 0.00000319. The molecular weight excluding hydrogens is 638 g/mol. The van der Waals surface area contributed by atoms with Crippen LogP contribution in [0.5, 0.6) is 0 Å². The van der Waals surface area contributed by atoms with E-state index in [4.69, 9.17) is 5.11 Å². The monoisotopic (exact) mass is 675 g/mol. The molecule has 0 aliphatic carbocycles. The third-order valence-electron chi connectivity index (χ3n) is 7.22. The molecule has 3 aromatic rings. The summed E-state index contributed by atoms with van der Waals surface area (Å²) in [5.41, 5.74) is 2.50. The zero-order valence-electron chi connectivity index (χ0n) is 27.1. The standard InChI is InChI=1S/C32H31N5O10.C2H6/c1-18-4-2-3-5-23(18)35-32(47)34-20-8-6-19(7-9-20)14-26(38)33-21-10-11-24-22(15-21)30(44)37(25(31(45)46)16-29(42)43)17-27(39)36(24)13-12-28(40)41;1-2/h2-11,15,25H,12-14,16-17H2,1H3,(H,33,38)(H,40,41)(H,42,43)(H,45,46)(H2,34,35,47);1-2H3. The van der Waals surface area contributed by atoms with Crippen LogP contribution in [-0.4, -0.2) is 81.0 Å². The van der Waals surface area contributed by atoms with Crippen LogP contribution in [0, 0.1) is 6.92 Å². The summed E-state index contributed by atoms with van der Waals surface area (Å²) in [6.45, 7) is 4.71. The van der Waals surface area contributed by atoms with Crippen LogP contribution in [0.3, 0.4) is 0 Å². The number of fused-ring (bicyclic) bond motifs is 1. The smallest absolute Gasteiger partial charge is 0.327 e. The SMILES string of the molecule is CC.Cc1ccccc1NC(=O)Nc1ccc(CC(=O)Nc2ccc3c(c2)C(=O)N(C(CC(=O)O)C(=O)O)CC(=O)N3CCC(=O)O)cc1. The Kier molecular flexibility index (Phi) is 13.0. The summed E-state index contributed by atoms with van der Waals surface area (Å²) < 4.78 is 0. The van der Waals surface area contributed by atoms with Crippen molar-refractivity contribution >= 4 is 64.4 Å². The molecule has 0 saturated heterocycles. The number of hydrogen-bond acceptors (Lipinski definition) is 7. The van der Waals surface area contributed by atoms with Crippen molar-refractivity contribution in [2.45, 2.75) is 46.1 Å². The molecule has 5 amide bonds. The van der Waals surface area contributed by atoms with Crippen LogP contribution in [0.15, 0.2) is 66.7 Å². The van der Waals surface area contributed by atoms with Gasteiger partial charge in [0.15, 0.2) is 0 Å². The number of anilines is 4. The zero-order valence-corrected chi connectivity index (χ0v) is 27.1. The van der Waals surface area contributed by atoms with Crippen LogP contribution in [-0.2, 0) is 30.4 Å². The Hall–Kier alpha value is -6.25. The van der Waals surface area contributed by atoms with Crippen molar-refractivity contribution in [3.63, 3.8) is 0 Å². The largest absolute Gasteiger partial charge is 0.481 e. The van der Waals surface area contributed by atoms with Gasteiger partial charge in [0.1, 0.15) is 12.6 Å². The third-order valence-corrected chi connectivity index (χ3v) is 7.22. The minimum Gasteiger partial charge on any atom is -0.481 e. The highest BCUT2D eigenvalue weighted by Crippen LogP contribution is 2.30. The molecule has 15 nitrogen and oxygen atoms in total. The molecule has 1 aliphatic heterocycles. The number of para-hydroxylation sites is 1. The Morgan fingerprint density at radius 3 is 2.08 bits per heavy atom. The first-order valence-electron chi connectivity index (χ1n) is 15.3. The average molecular weight is 676 g/mol. The summed E-state index contributed by atoms with van der Waals surface area (Å²) >= 11 is 0. The van der Waals surface area contributed by atoms with Gasteiger partial charge in [0.2, 0.25) is 11.8 Å². The molecule has 0 spiro atoms. The van der Waals surface area contributed by atoms with E-state index in [1.807, 2.05) is 32.9 Å². The normalized spacial score (nSPS) is 12.8. The Bertz CT molecular complexity index is 1740. The first-order chi connectivity index (χ1) is 23.3. The second-order valence-corrected chi connectivity index (χ2v) is 10.6. The maximum atomic E-state index is 13.6. The fraction of sp³-hybridized carbons (Fsp3) is 0.265. The lowest BCUT2D eigenvalue weighted by Gasteiger charge is -2.26. The van der Waals surface area contributed by atoms with E-state index in [0.29, 0.717) is 21.8 Å². The number of carbonyl (C=O) groups is 7. The number of urea groups is 1. The van der Waals surface area contributed by atoms with E-state index >= 15 is 0 Å². The van der Waals surface area contributed by atoms with Gasteiger partial charge in [-0.1, -0.05) is 44.2 Å². The van der Waals surface area contributed by atoms with E-state index in [0.717, 1.165) is 10.5 Å². The number of carboxylic acids is 3. The fourth-order valence-corrected chi connectivity index (χ4v) is 4.91. The van der Waals surface area contributed by atoms with Gasteiger partial charge in [-0.25, -0.2) is 9.59 Å². The van der Waals surface area contributed by atoms with Gasteiger partial charge in [-0.05, 0) is 54.4 Å². The van der Waals surface area contributed by atoms with Gasteiger partial charge >= 0.3 is 23.9 Å². The van der Waals surface area contributed by atoms with Gasteiger partial charge < -0.3 is 41.1 Å². The van der Waals surface area contributed by atoms with Gasteiger partial charge in [-0.2, -0.15) is 0 Å². The number of hydrogen-bond donors (Lipinski definition) is 6. The molecule has 0 bridgehead atoms. The number of carboxylic acid groups (broad SMARTS) is 3. The van der Waals surface area contributed by atoms with Gasteiger partial charge in [-0.15, -0.1) is 0 Å². The number of rotatable bonds is 12. The molecule has 0 radical (unpaired) electrons. The molecule has 1 unspecified atom stereocenters. The van der Waals surface area contributed by atoms with E-state index < -0.39 is 67.1 Å². The highest BCUT2D eigenvalue weighted by atomic mass is 16.4. The number of benzene rings is 3. The third kappa shape index (κ3) is 10.1. The lowest BCUT2D eigenvalue weighted by atomic mass is 10.1. The highest BCUT2D eigenvalue weighted by molar-refractivity contribution is 6.12. The van der Waals surface area contributed by atoms with Crippen molar-refractivity contribution in [3.05, 3.63) is 83.4 Å². The summed E-state index contributed by atoms with van der Waals surface area (Å²) in [5.74, 6) is -6.66. The Morgan fingerprint density at radius 2 is 1.47 bits per heavy atom. The van der Waals surface area contributed by atoms with E-state index in [9.17, 15) is 43.8 Å². The highest BCUT2D eigenvalue weighted by Gasteiger charge is 2.39. The number of carbonyl (C=O) groups excluding carboxylic acids is 4. The second kappa shape index (κ2) is 17.1. The first-order valence-corrected chi connectivity index (χ1v) is 15.3. The molecule has 49 heavy (non-hydrogen) atoms. The van der Waals surface area contributed by atoms with Crippen molar-refractivity contribution < 1.29 is 48.9 Å². The van der Waals surface area contributed by atoms with Gasteiger partial charge in [0.25, 0.3) is 5.91 Å². The van der Waals surface area contributed by atoms with Crippen LogP contribution < -0.4 is 20.9 Å². The first kappa shape index (κ1) is 37.2. The van der Waals surface area contributed by atoms with Crippen molar-refractivity contribution in [1.82, 2.24) is 4.90 Å². The molecule has 1 heterocycles. The summed E-state index contributed by atoms with van der Waals surface area (Å²) in [6.07, 6.45) is -1.57.